The Kier molecular flexibility index (Phi) is 4.11. The summed E-state index contributed by atoms with van der Waals surface area (Å²) in [7, 11) is 0. The molecule has 0 N–H and O–H groups in total. The molecular weight excluding hydrogens is 178 g/mol. The molecule has 0 spiro atoms. The molecule has 0 aromatic rings. The first-order valence-electron chi connectivity index (χ1n) is 5.44. The van der Waals surface area contributed by atoms with Gasteiger partial charge in [0.15, 0.2) is 0 Å². The van der Waals surface area contributed by atoms with Crippen LogP contribution in [0.25, 0.3) is 0 Å². The fourth-order valence-corrected chi connectivity index (χ4v) is 2.07. The van der Waals surface area contributed by atoms with Crippen LogP contribution in [-0.4, -0.2) is 29.2 Å². The van der Waals surface area contributed by atoms with Gasteiger partial charge in [0.2, 0.25) is 5.91 Å². The van der Waals surface area contributed by atoms with E-state index in [4.69, 9.17) is 0 Å². The van der Waals surface area contributed by atoms with Crippen molar-refractivity contribution in [2.45, 2.75) is 52.0 Å². The summed E-state index contributed by atoms with van der Waals surface area (Å²) in [6, 6.07) is 0.371. The molecule has 0 aromatic heterocycles. The first-order chi connectivity index (χ1) is 6.65. The predicted molar refractivity (Wildman–Crippen MR) is 54.9 cm³/mol. The van der Waals surface area contributed by atoms with Crippen LogP contribution in [0.2, 0.25) is 0 Å². The maximum atomic E-state index is 11.7. The Bertz CT molecular complexity index is 225. The highest BCUT2D eigenvalue weighted by molar-refractivity contribution is 5.96. The number of hydrogen-bond acceptors (Lipinski definition) is 2. The monoisotopic (exact) mass is 197 g/mol. The summed E-state index contributed by atoms with van der Waals surface area (Å²) in [6.07, 6.45) is 4.47. The zero-order chi connectivity index (χ0) is 10.6. The number of ketones is 1. The molecule has 1 fully saturated rings. The van der Waals surface area contributed by atoms with E-state index in [0.29, 0.717) is 6.04 Å². The number of rotatable bonds is 3. The molecule has 0 aromatic carbocycles. The first-order valence-corrected chi connectivity index (χ1v) is 5.44. The molecule has 0 radical (unpaired) electrons. The van der Waals surface area contributed by atoms with Crippen molar-refractivity contribution in [3.63, 3.8) is 0 Å². The number of likely N-dealkylation sites (tertiary alicyclic amines) is 1. The van der Waals surface area contributed by atoms with Gasteiger partial charge in [-0.25, -0.2) is 0 Å². The Morgan fingerprint density at radius 2 is 2.07 bits per heavy atom. The van der Waals surface area contributed by atoms with E-state index in [0.717, 1.165) is 25.8 Å². The van der Waals surface area contributed by atoms with Gasteiger partial charge < -0.3 is 4.90 Å². The molecule has 14 heavy (non-hydrogen) atoms. The minimum absolute atomic E-state index is 0.0176. The molecule has 0 aliphatic carbocycles. The molecule has 1 heterocycles. The number of amides is 1. The number of nitrogens with zero attached hydrogens (tertiary/aromatic N) is 1. The van der Waals surface area contributed by atoms with Gasteiger partial charge in [0.25, 0.3) is 0 Å². The molecule has 1 saturated heterocycles. The normalized spacial score (nSPS) is 22.1. The third-order valence-electron chi connectivity index (χ3n) is 2.82. The Morgan fingerprint density at radius 1 is 1.36 bits per heavy atom. The largest absolute Gasteiger partial charge is 0.339 e. The number of carbonyl (C=O) groups excluding carboxylic acids is 2. The zero-order valence-corrected chi connectivity index (χ0v) is 9.08. The van der Waals surface area contributed by atoms with E-state index in [1.54, 1.807) is 0 Å². The highest BCUT2D eigenvalue weighted by Gasteiger charge is 2.25. The molecule has 1 aliphatic rings. The molecule has 1 aliphatic heterocycles. The molecule has 3 heteroatoms. The van der Waals surface area contributed by atoms with Crippen molar-refractivity contribution in [1.29, 1.82) is 0 Å². The fourth-order valence-electron chi connectivity index (χ4n) is 2.07. The van der Waals surface area contributed by atoms with Crippen molar-refractivity contribution in [3.05, 3.63) is 0 Å². The van der Waals surface area contributed by atoms with Crippen LogP contribution >= 0.6 is 0 Å². The van der Waals surface area contributed by atoms with Crippen molar-refractivity contribution < 1.29 is 9.59 Å². The van der Waals surface area contributed by atoms with Crippen LogP contribution in [0.5, 0.6) is 0 Å². The fraction of sp³-hybridized carbons (Fsp3) is 0.818. The van der Waals surface area contributed by atoms with E-state index in [9.17, 15) is 9.59 Å². The SMILES string of the molecule is CC[C@@H]1CCCCN1C(=O)CC(C)=O. The predicted octanol–water partition coefficient (Wildman–Crippen LogP) is 1.76. The van der Waals surface area contributed by atoms with Crippen LogP contribution in [0.1, 0.15) is 46.0 Å². The van der Waals surface area contributed by atoms with E-state index < -0.39 is 0 Å². The summed E-state index contributed by atoms with van der Waals surface area (Å²) in [5, 5.41) is 0. The van der Waals surface area contributed by atoms with Gasteiger partial charge in [-0.2, -0.15) is 0 Å². The summed E-state index contributed by atoms with van der Waals surface area (Å²) in [5.74, 6) is -0.0144. The van der Waals surface area contributed by atoms with Gasteiger partial charge in [-0.05, 0) is 32.6 Å². The lowest BCUT2D eigenvalue weighted by atomic mass is 9.99. The lowest BCUT2D eigenvalue weighted by Crippen LogP contribution is -2.43. The molecule has 1 rings (SSSR count). The molecule has 0 bridgehead atoms. The molecule has 1 amide bonds. The van der Waals surface area contributed by atoms with E-state index in [1.165, 1.54) is 13.3 Å². The average molecular weight is 197 g/mol. The van der Waals surface area contributed by atoms with Crippen LogP contribution in [0.15, 0.2) is 0 Å². The third-order valence-corrected chi connectivity index (χ3v) is 2.82. The minimum atomic E-state index is -0.0320. The Balaban J connectivity index is 2.54. The standard InChI is InChI=1S/C11H19NO2/c1-3-10-6-4-5-7-12(10)11(14)8-9(2)13/h10H,3-8H2,1-2H3/t10-/m1/s1. The molecule has 80 valence electrons. The summed E-state index contributed by atoms with van der Waals surface area (Å²) < 4.78 is 0. The summed E-state index contributed by atoms with van der Waals surface area (Å²) in [6.45, 7) is 4.41. The van der Waals surface area contributed by atoms with E-state index in [-0.39, 0.29) is 18.1 Å². The van der Waals surface area contributed by atoms with Crippen LogP contribution in [0.4, 0.5) is 0 Å². The van der Waals surface area contributed by atoms with E-state index in [1.807, 2.05) is 4.90 Å². The van der Waals surface area contributed by atoms with Crippen molar-refractivity contribution >= 4 is 11.7 Å². The average Bonchev–Trinajstić information content (AvgIpc) is 2.16. The van der Waals surface area contributed by atoms with Gasteiger partial charge >= 0.3 is 0 Å². The number of carbonyl (C=O) groups is 2. The Hall–Kier alpha value is -0.860. The van der Waals surface area contributed by atoms with Gasteiger partial charge in [0.05, 0.1) is 6.42 Å². The highest BCUT2D eigenvalue weighted by atomic mass is 16.2. The van der Waals surface area contributed by atoms with Crippen molar-refractivity contribution in [1.82, 2.24) is 4.90 Å². The second kappa shape index (κ2) is 5.13. The summed E-state index contributed by atoms with van der Waals surface area (Å²) in [5.41, 5.74) is 0. The summed E-state index contributed by atoms with van der Waals surface area (Å²) in [4.78, 5) is 24.4. The number of Topliss-reactive ketones (excluding diaryl/α,β-unsaturated/α-hetero) is 1. The number of piperidine rings is 1. The highest BCUT2D eigenvalue weighted by Crippen LogP contribution is 2.20. The molecule has 1 atom stereocenters. The summed E-state index contributed by atoms with van der Waals surface area (Å²) >= 11 is 0. The van der Waals surface area contributed by atoms with Gasteiger partial charge in [-0.3, -0.25) is 9.59 Å². The lowest BCUT2D eigenvalue weighted by Gasteiger charge is -2.35. The first kappa shape index (κ1) is 11.2. The van der Waals surface area contributed by atoms with Crippen molar-refractivity contribution in [3.8, 4) is 0 Å². The van der Waals surface area contributed by atoms with Gasteiger partial charge in [0.1, 0.15) is 5.78 Å². The second-order valence-electron chi connectivity index (χ2n) is 4.02. The van der Waals surface area contributed by atoms with Crippen LogP contribution in [0, 0.1) is 0 Å². The third kappa shape index (κ3) is 2.82. The zero-order valence-electron chi connectivity index (χ0n) is 9.08. The Labute approximate surface area is 85.5 Å². The topological polar surface area (TPSA) is 37.4 Å². The van der Waals surface area contributed by atoms with E-state index in [2.05, 4.69) is 6.92 Å². The maximum absolute atomic E-state index is 11.7. The minimum Gasteiger partial charge on any atom is -0.339 e. The lowest BCUT2D eigenvalue weighted by molar-refractivity contribution is -0.137. The van der Waals surface area contributed by atoms with Crippen molar-refractivity contribution in [2.24, 2.45) is 0 Å². The molecule has 3 nitrogen and oxygen atoms in total. The molecule has 0 unspecified atom stereocenters. The van der Waals surface area contributed by atoms with Crippen LogP contribution < -0.4 is 0 Å². The van der Waals surface area contributed by atoms with Gasteiger partial charge in [0, 0.05) is 12.6 Å². The molecular formula is C11H19NO2. The quantitative estimate of drug-likeness (QED) is 0.646. The molecule has 0 saturated carbocycles. The second-order valence-corrected chi connectivity index (χ2v) is 4.02. The van der Waals surface area contributed by atoms with E-state index >= 15 is 0 Å². The number of hydrogen-bond donors (Lipinski definition) is 0. The van der Waals surface area contributed by atoms with Crippen LogP contribution in [0.3, 0.4) is 0 Å². The van der Waals surface area contributed by atoms with Gasteiger partial charge in [-0.1, -0.05) is 6.92 Å². The van der Waals surface area contributed by atoms with Crippen molar-refractivity contribution in [2.75, 3.05) is 6.54 Å². The van der Waals surface area contributed by atoms with Gasteiger partial charge in [-0.15, -0.1) is 0 Å². The smallest absolute Gasteiger partial charge is 0.230 e. The van der Waals surface area contributed by atoms with Crippen LogP contribution in [-0.2, 0) is 9.59 Å². The maximum Gasteiger partial charge on any atom is 0.230 e. The Morgan fingerprint density at radius 3 is 2.64 bits per heavy atom.